The summed E-state index contributed by atoms with van der Waals surface area (Å²) in [5.74, 6) is 0.561. The first-order chi connectivity index (χ1) is 13.6. The Balaban J connectivity index is 1.56. The fraction of sp³-hybridized carbons (Fsp3) is 0.250. The molecule has 0 radical (unpaired) electrons. The molecule has 144 valence electrons. The van der Waals surface area contributed by atoms with Crippen LogP contribution in [-0.4, -0.2) is 36.8 Å². The van der Waals surface area contributed by atoms with E-state index in [2.05, 4.69) is 10.1 Å². The first kappa shape index (κ1) is 18.0. The van der Waals surface area contributed by atoms with E-state index >= 15 is 0 Å². The molecule has 1 saturated heterocycles. The van der Waals surface area contributed by atoms with Gasteiger partial charge in [-0.3, -0.25) is 4.79 Å². The fourth-order valence-corrected chi connectivity index (χ4v) is 3.28. The largest absolute Gasteiger partial charge is 0.495 e. The number of benzene rings is 2. The van der Waals surface area contributed by atoms with E-state index in [4.69, 9.17) is 14.0 Å². The molecule has 1 unspecified atom stereocenters. The van der Waals surface area contributed by atoms with Crippen molar-refractivity contribution in [3.63, 3.8) is 0 Å². The van der Waals surface area contributed by atoms with E-state index in [9.17, 15) is 9.18 Å². The van der Waals surface area contributed by atoms with Crippen LogP contribution in [0.25, 0.3) is 11.4 Å². The second kappa shape index (κ2) is 7.30. The molecule has 1 atom stereocenters. The molecule has 0 spiro atoms. The Morgan fingerprint density at radius 3 is 2.68 bits per heavy atom. The summed E-state index contributed by atoms with van der Waals surface area (Å²) < 4.78 is 29.6. The average molecular weight is 383 g/mol. The van der Waals surface area contributed by atoms with Gasteiger partial charge >= 0.3 is 0 Å². The van der Waals surface area contributed by atoms with Gasteiger partial charge in [-0.05, 0) is 30.3 Å². The number of carbonyl (C=O) groups is 1. The highest BCUT2D eigenvalue weighted by atomic mass is 19.1. The number of nitrogens with zero attached hydrogens (tertiary/aromatic N) is 3. The zero-order chi connectivity index (χ0) is 19.7. The van der Waals surface area contributed by atoms with Gasteiger partial charge in [0.05, 0.1) is 25.8 Å². The van der Waals surface area contributed by atoms with Crippen molar-refractivity contribution in [2.75, 3.05) is 25.7 Å². The highest BCUT2D eigenvalue weighted by molar-refractivity contribution is 5.97. The van der Waals surface area contributed by atoms with Gasteiger partial charge < -0.3 is 18.9 Å². The number of hydrogen-bond donors (Lipinski definition) is 0. The van der Waals surface area contributed by atoms with Crippen molar-refractivity contribution < 1.29 is 23.2 Å². The second-order valence-corrected chi connectivity index (χ2v) is 6.38. The molecule has 7 nitrogen and oxygen atoms in total. The fourth-order valence-electron chi connectivity index (χ4n) is 3.28. The minimum Gasteiger partial charge on any atom is -0.495 e. The SMILES string of the molecule is COc1ccc(-c2noc(C3CC(=O)N(c4ccccc4OC)C3)n2)cc1F. The predicted octanol–water partition coefficient (Wildman–Crippen LogP) is 3.41. The van der Waals surface area contributed by atoms with Crippen LogP contribution in [0.5, 0.6) is 11.5 Å². The number of halogens is 1. The van der Waals surface area contributed by atoms with Crippen molar-refractivity contribution >= 4 is 11.6 Å². The summed E-state index contributed by atoms with van der Waals surface area (Å²) in [5.41, 5.74) is 1.17. The lowest BCUT2D eigenvalue weighted by Gasteiger charge is -2.18. The van der Waals surface area contributed by atoms with Crippen molar-refractivity contribution in [3.8, 4) is 22.9 Å². The number of anilines is 1. The van der Waals surface area contributed by atoms with E-state index in [0.29, 0.717) is 29.4 Å². The zero-order valence-corrected chi connectivity index (χ0v) is 15.4. The van der Waals surface area contributed by atoms with Crippen LogP contribution in [0.15, 0.2) is 47.0 Å². The van der Waals surface area contributed by atoms with Gasteiger partial charge in [0, 0.05) is 18.5 Å². The van der Waals surface area contributed by atoms with Gasteiger partial charge in [-0.25, -0.2) is 4.39 Å². The minimum atomic E-state index is -0.509. The molecule has 0 bridgehead atoms. The third kappa shape index (κ3) is 3.17. The summed E-state index contributed by atoms with van der Waals surface area (Å²) in [5, 5.41) is 3.94. The van der Waals surface area contributed by atoms with Crippen LogP contribution in [0.4, 0.5) is 10.1 Å². The van der Waals surface area contributed by atoms with Gasteiger partial charge in [-0.1, -0.05) is 17.3 Å². The number of rotatable bonds is 5. The van der Waals surface area contributed by atoms with E-state index in [1.165, 1.54) is 19.2 Å². The Morgan fingerprint density at radius 2 is 1.93 bits per heavy atom. The molecule has 3 aromatic rings. The number of ether oxygens (including phenoxy) is 2. The van der Waals surface area contributed by atoms with E-state index in [1.807, 2.05) is 18.2 Å². The lowest BCUT2D eigenvalue weighted by atomic mass is 10.1. The van der Waals surface area contributed by atoms with Crippen LogP contribution in [0, 0.1) is 5.82 Å². The zero-order valence-electron chi connectivity index (χ0n) is 15.4. The molecule has 2 aromatic carbocycles. The molecule has 0 N–H and O–H groups in total. The van der Waals surface area contributed by atoms with E-state index in [1.54, 1.807) is 24.1 Å². The van der Waals surface area contributed by atoms with Gasteiger partial charge in [-0.2, -0.15) is 4.98 Å². The van der Waals surface area contributed by atoms with Crippen molar-refractivity contribution in [2.24, 2.45) is 0 Å². The first-order valence-corrected chi connectivity index (χ1v) is 8.71. The summed E-state index contributed by atoms with van der Waals surface area (Å²) in [7, 11) is 2.96. The molecule has 1 fully saturated rings. The summed E-state index contributed by atoms with van der Waals surface area (Å²) in [6, 6.07) is 11.8. The molecule has 1 aliphatic heterocycles. The van der Waals surface area contributed by atoms with Crippen LogP contribution in [0.2, 0.25) is 0 Å². The van der Waals surface area contributed by atoms with Gasteiger partial charge in [0.15, 0.2) is 11.6 Å². The Hall–Kier alpha value is -3.42. The monoisotopic (exact) mass is 383 g/mol. The quantitative estimate of drug-likeness (QED) is 0.672. The molecule has 2 heterocycles. The Morgan fingerprint density at radius 1 is 1.14 bits per heavy atom. The van der Waals surface area contributed by atoms with Crippen molar-refractivity contribution in [2.45, 2.75) is 12.3 Å². The normalized spacial score (nSPS) is 16.5. The number of hydrogen-bond acceptors (Lipinski definition) is 6. The van der Waals surface area contributed by atoms with Crippen molar-refractivity contribution in [1.82, 2.24) is 10.1 Å². The third-order valence-corrected chi connectivity index (χ3v) is 4.70. The topological polar surface area (TPSA) is 77.7 Å². The third-order valence-electron chi connectivity index (χ3n) is 4.70. The van der Waals surface area contributed by atoms with Crippen LogP contribution in [0.3, 0.4) is 0 Å². The van der Waals surface area contributed by atoms with E-state index in [-0.39, 0.29) is 29.8 Å². The molecule has 1 aliphatic rings. The smallest absolute Gasteiger partial charge is 0.232 e. The molecule has 28 heavy (non-hydrogen) atoms. The highest BCUT2D eigenvalue weighted by Gasteiger charge is 2.36. The van der Waals surface area contributed by atoms with Crippen molar-refractivity contribution in [1.29, 1.82) is 0 Å². The second-order valence-electron chi connectivity index (χ2n) is 6.38. The minimum absolute atomic E-state index is 0.0512. The molecule has 8 heteroatoms. The van der Waals surface area contributed by atoms with Gasteiger partial charge in [0.1, 0.15) is 5.75 Å². The van der Waals surface area contributed by atoms with Crippen LogP contribution < -0.4 is 14.4 Å². The summed E-state index contributed by atoms with van der Waals surface area (Å²) >= 11 is 0. The molecular weight excluding hydrogens is 365 g/mol. The Labute approximate surface area is 160 Å². The van der Waals surface area contributed by atoms with Gasteiger partial charge in [-0.15, -0.1) is 0 Å². The molecule has 0 aliphatic carbocycles. The number of amides is 1. The number of para-hydroxylation sites is 2. The maximum atomic E-state index is 13.9. The molecule has 4 rings (SSSR count). The maximum absolute atomic E-state index is 13.9. The number of aromatic nitrogens is 2. The van der Waals surface area contributed by atoms with Gasteiger partial charge in [0.2, 0.25) is 17.6 Å². The van der Waals surface area contributed by atoms with Crippen molar-refractivity contribution in [3.05, 3.63) is 54.2 Å². The average Bonchev–Trinajstić information content (AvgIpc) is 3.35. The summed E-state index contributed by atoms with van der Waals surface area (Å²) in [6.07, 6.45) is 0.247. The highest BCUT2D eigenvalue weighted by Crippen LogP contribution is 2.36. The Kier molecular flexibility index (Phi) is 4.68. The van der Waals surface area contributed by atoms with E-state index < -0.39 is 5.82 Å². The van der Waals surface area contributed by atoms with Crippen LogP contribution >= 0.6 is 0 Å². The van der Waals surface area contributed by atoms with Gasteiger partial charge in [0.25, 0.3) is 0 Å². The van der Waals surface area contributed by atoms with E-state index in [0.717, 1.165) is 0 Å². The Bertz CT molecular complexity index is 1020. The molecule has 0 saturated carbocycles. The summed E-state index contributed by atoms with van der Waals surface area (Å²) in [4.78, 5) is 18.6. The first-order valence-electron chi connectivity index (χ1n) is 8.71. The molecule has 1 aromatic heterocycles. The standard InChI is InChI=1S/C20H18FN3O4/c1-26-16-8-7-12(9-14(16)21)19-22-20(28-23-19)13-10-18(25)24(11-13)15-5-3-4-6-17(15)27-2/h3-9,13H,10-11H2,1-2H3. The lowest BCUT2D eigenvalue weighted by molar-refractivity contribution is -0.117. The summed E-state index contributed by atoms with van der Waals surface area (Å²) in [6.45, 7) is 0.401. The molecular formula is C20H18FN3O4. The predicted molar refractivity (Wildman–Crippen MR) is 98.9 cm³/mol. The number of methoxy groups -OCH3 is 2. The van der Waals surface area contributed by atoms with Crippen LogP contribution in [-0.2, 0) is 4.79 Å². The lowest BCUT2D eigenvalue weighted by Crippen LogP contribution is -2.24. The maximum Gasteiger partial charge on any atom is 0.232 e. The number of carbonyl (C=O) groups excluding carboxylic acids is 1. The molecule has 1 amide bonds. The van der Waals surface area contributed by atoms with Crippen LogP contribution in [0.1, 0.15) is 18.2 Å².